The van der Waals surface area contributed by atoms with E-state index in [2.05, 4.69) is 41.4 Å². The van der Waals surface area contributed by atoms with Crippen molar-refractivity contribution in [1.82, 2.24) is 0 Å². The molecule has 2 aliphatic heterocycles. The van der Waals surface area contributed by atoms with Gasteiger partial charge in [0.25, 0.3) is 0 Å². The van der Waals surface area contributed by atoms with Crippen molar-refractivity contribution in [3.8, 4) is 0 Å². The quantitative estimate of drug-likeness (QED) is 0.907. The van der Waals surface area contributed by atoms with Crippen molar-refractivity contribution in [1.29, 1.82) is 0 Å². The lowest BCUT2D eigenvalue weighted by Gasteiger charge is -2.31. The van der Waals surface area contributed by atoms with E-state index in [1.54, 1.807) is 0 Å². The van der Waals surface area contributed by atoms with Gasteiger partial charge >= 0.3 is 0 Å². The zero-order valence-corrected chi connectivity index (χ0v) is 12.5. The van der Waals surface area contributed by atoms with E-state index in [1.165, 1.54) is 56.6 Å². The molecule has 20 heavy (non-hydrogen) atoms. The van der Waals surface area contributed by atoms with Crippen molar-refractivity contribution in [3.05, 3.63) is 24.3 Å². The van der Waals surface area contributed by atoms with Crippen molar-refractivity contribution >= 4 is 11.4 Å². The van der Waals surface area contributed by atoms with E-state index in [0.717, 1.165) is 6.54 Å². The van der Waals surface area contributed by atoms with Crippen LogP contribution in [-0.2, 0) is 4.74 Å². The van der Waals surface area contributed by atoms with Gasteiger partial charge in [0, 0.05) is 19.6 Å². The number of ether oxygens (including phenoxy) is 1. The summed E-state index contributed by atoms with van der Waals surface area (Å²) >= 11 is 0. The van der Waals surface area contributed by atoms with Crippen molar-refractivity contribution in [2.45, 2.75) is 51.2 Å². The molecule has 3 heteroatoms. The minimum atomic E-state index is 0.374. The molecule has 3 nitrogen and oxygen atoms in total. The third-order valence-corrected chi connectivity index (χ3v) is 4.44. The topological polar surface area (TPSA) is 24.5 Å². The van der Waals surface area contributed by atoms with Crippen LogP contribution in [0, 0.1) is 0 Å². The summed E-state index contributed by atoms with van der Waals surface area (Å²) in [5, 5.41) is 3.61. The SMILES string of the molecule is CC1CCC(CNc2ccccc2N2CCCCC2)O1. The molecular formula is C17H26N2O. The van der Waals surface area contributed by atoms with E-state index in [-0.39, 0.29) is 0 Å². The lowest BCUT2D eigenvalue weighted by Crippen LogP contribution is -2.30. The molecule has 2 aliphatic rings. The third-order valence-electron chi connectivity index (χ3n) is 4.44. The van der Waals surface area contributed by atoms with Gasteiger partial charge in [-0.05, 0) is 51.2 Å². The largest absolute Gasteiger partial charge is 0.381 e. The first-order valence-electron chi connectivity index (χ1n) is 8.06. The Morgan fingerprint density at radius 1 is 1.15 bits per heavy atom. The molecule has 0 aliphatic carbocycles. The van der Waals surface area contributed by atoms with Gasteiger partial charge in [-0.25, -0.2) is 0 Å². The van der Waals surface area contributed by atoms with Crippen LogP contribution in [0.5, 0.6) is 0 Å². The predicted octanol–water partition coefficient (Wildman–Crippen LogP) is 3.66. The molecule has 2 fully saturated rings. The molecule has 2 saturated heterocycles. The molecule has 110 valence electrons. The highest BCUT2D eigenvalue weighted by atomic mass is 16.5. The van der Waals surface area contributed by atoms with Crippen LogP contribution in [0.3, 0.4) is 0 Å². The average Bonchev–Trinajstić information content (AvgIpc) is 2.92. The molecule has 0 spiro atoms. The highest BCUT2D eigenvalue weighted by molar-refractivity contribution is 5.70. The Balaban J connectivity index is 1.63. The summed E-state index contributed by atoms with van der Waals surface area (Å²) in [5.41, 5.74) is 2.62. The first kappa shape index (κ1) is 13.7. The highest BCUT2D eigenvalue weighted by Gasteiger charge is 2.22. The standard InChI is InChI=1S/C17H26N2O/c1-14-9-10-15(20-14)13-18-16-7-3-4-8-17(16)19-11-5-2-6-12-19/h3-4,7-8,14-15,18H,2,5-6,9-13H2,1H3. The van der Waals surface area contributed by atoms with Crippen LogP contribution in [0.1, 0.15) is 39.0 Å². The molecule has 1 aromatic carbocycles. The number of benzene rings is 1. The van der Waals surface area contributed by atoms with Crippen LogP contribution in [0.25, 0.3) is 0 Å². The Labute approximate surface area is 122 Å². The molecule has 1 N–H and O–H groups in total. The minimum absolute atomic E-state index is 0.374. The normalized spacial score (nSPS) is 26.8. The molecule has 3 rings (SSSR count). The van der Waals surface area contributed by atoms with Crippen LogP contribution in [0.15, 0.2) is 24.3 Å². The van der Waals surface area contributed by atoms with Crippen LogP contribution in [0.4, 0.5) is 11.4 Å². The summed E-state index contributed by atoms with van der Waals surface area (Å²) in [6.45, 7) is 5.47. The molecule has 0 amide bonds. The first-order chi connectivity index (χ1) is 9.83. The molecule has 2 atom stereocenters. The lowest BCUT2D eigenvalue weighted by atomic mass is 10.1. The summed E-state index contributed by atoms with van der Waals surface area (Å²) in [6.07, 6.45) is 7.19. The van der Waals surface area contributed by atoms with E-state index < -0.39 is 0 Å². The Kier molecular flexibility index (Phi) is 4.46. The fourth-order valence-electron chi connectivity index (χ4n) is 3.29. The highest BCUT2D eigenvalue weighted by Crippen LogP contribution is 2.29. The Morgan fingerprint density at radius 3 is 2.70 bits per heavy atom. The van der Waals surface area contributed by atoms with Gasteiger partial charge in [0.15, 0.2) is 0 Å². The Hall–Kier alpha value is -1.22. The van der Waals surface area contributed by atoms with Gasteiger partial charge in [0.1, 0.15) is 0 Å². The first-order valence-corrected chi connectivity index (χ1v) is 8.06. The lowest BCUT2D eigenvalue weighted by molar-refractivity contribution is 0.0637. The molecule has 2 heterocycles. The van der Waals surface area contributed by atoms with Crippen molar-refractivity contribution < 1.29 is 4.74 Å². The molecule has 0 radical (unpaired) electrons. The summed E-state index contributed by atoms with van der Waals surface area (Å²) in [4.78, 5) is 2.52. The van der Waals surface area contributed by atoms with E-state index >= 15 is 0 Å². The molecule has 0 bridgehead atoms. The monoisotopic (exact) mass is 274 g/mol. The molecule has 2 unspecified atom stereocenters. The summed E-state index contributed by atoms with van der Waals surface area (Å²) < 4.78 is 5.89. The van der Waals surface area contributed by atoms with Gasteiger partial charge < -0.3 is 15.0 Å². The van der Waals surface area contributed by atoms with Crippen LogP contribution >= 0.6 is 0 Å². The minimum Gasteiger partial charge on any atom is -0.381 e. The summed E-state index contributed by atoms with van der Waals surface area (Å²) in [6, 6.07) is 8.70. The van der Waals surface area contributed by atoms with E-state index in [9.17, 15) is 0 Å². The number of para-hydroxylation sites is 2. The van der Waals surface area contributed by atoms with Crippen molar-refractivity contribution in [2.24, 2.45) is 0 Å². The second kappa shape index (κ2) is 6.49. The van der Waals surface area contributed by atoms with Crippen LogP contribution in [0.2, 0.25) is 0 Å². The van der Waals surface area contributed by atoms with Crippen LogP contribution < -0.4 is 10.2 Å². The second-order valence-electron chi connectivity index (χ2n) is 6.09. The third kappa shape index (κ3) is 3.26. The van der Waals surface area contributed by atoms with E-state index in [4.69, 9.17) is 4.74 Å². The van der Waals surface area contributed by atoms with E-state index in [1.807, 2.05) is 0 Å². The zero-order valence-electron chi connectivity index (χ0n) is 12.5. The molecule has 0 saturated carbocycles. The van der Waals surface area contributed by atoms with E-state index in [0.29, 0.717) is 12.2 Å². The number of hydrogen-bond donors (Lipinski definition) is 1. The number of piperidine rings is 1. The molecular weight excluding hydrogens is 248 g/mol. The summed E-state index contributed by atoms with van der Waals surface area (Å²) in [5.74, 6) is 0. The van der Waals surface area contributed by atoms with Gasteiger partial charge in [-0.15, -0.1) is 0 Å². The smallest absolute Gasteiger partial charge is 0.0751 e. The zero-order chi connectivity index (χ0) is 13.8. The Morgan fingerprint density at radius 2 is 1.95 bits per heavy atom. The van der Waals surface area contributed by atoms with Crippen LogP contribution in [-0.4, -0.2) is 31.8 Å². The molecule has 1 aromatic rings. The van der Waals surface area contributed by atoms with Crippen molar-refractivity contribution in [2.75, 3.05) is 29.9 Å². The number of nitrogens with one attached hydrogen (secondary N) is 1. The number of rotatable bonds is 4. The van der Waals surface area contributed by atoms with Gasteiger partial charge in [-0.3, -0.25) is 0 Å². The van der Waals surface area contributed by atoms with Crippen molar-refractivity contribution in [3.63, 3.8) is 0 Å². The maximum atomic E-state index is 5.89. The predicted molar refractivity (Wildman–Crippen MR) is 84.6 cm³/mol. The maximum absolute atomic E-state index is 5.89. The van der Waals surface area contributed by atoms with Gasteiger partial charge in [0.05, 0.1) is 23.6 Å². The number of nitrogens with zero attached hydrogens (tertiary/aromatic N) is 1. The average molecular weight is 274 g/mol. The Bertz CT molecular complexity index is 429. The van der Waals surface area contributed by atoms with Gasteiger partial charge in [-0.1, -0.05) is 12.1 Å². The fraction of sp³-hybridized carbons (Fsp3) is 0.647. The second-order valence-corrected chi connectivity index (χ2v) is 6.09. The fourth-order valence-corrected chi connectivity index (χ4v) is 3.29. The van der Waals surface area contributed by atoms with Gasteiger partial charge in [0.2, 0.25) is 0 Å². The molecule has 0 aromatic heterocycles. The number of hydrogen-bond acceptors (Lipinski definition) is 3. The maximum Gasteiger partial charge on any atom is 0.0751 e. The van der Waals surface area contributed by atoms with Gasteiger partial charge in [-0.2, -0.15) is 0 Å². The number of anilines is 2. The summed E-state index contributed by atoms with van der Waals surface area (Å²) in [7, 11) is 0.